The van der Waals surface area contributed by atoms with Gasteiger partial charge in [-0.05, 0) is 36.2 Å². The number of hydrogen-bond donors (Lipinski definition) is 0. The normalized spacial score (nSPS) is 10.4. The summed E-state index contributed by atoms with van der Waals surface area (Å²) in [6.07, 6.45) is 3.49. The van der Waals surface area contributed by atoms with Gasteiger partial charge in [-0.15, -0.1) is 0 Å². The molecular formula is C21H23BrO4. The molecule has 0 heterocycles. The summed E-state index contributed by atoms with van der Waals surface area (Å²) in [5.41, 5.74) is 1.55. The summed E-state index contributed by atoms with van der Waals surface area (Å²) < 4.78 is 11.6. The molecule has 138 valence electrons. The van der Waals surface area contributed by atoms with Crippen LogP contribution in [0, 0.1) is 0 Å². The van der Waals surface area contributed by atoms with Gasteiger partial charge in [-0.25, -0.2) is 9.59 Å². The van der Waals surface area contributed by atoms with Gasteiger partial charge < -0.3 is 9.47 Å². The molecule has 26 heavy (non-hydrogen) atoms. The first-order chi connectivity index (χ1) is 12.6. The minimum absolute atomic E-state index is 0.238. The maximum Gasteiger partial charge on any atom is 0.339 e. The summed E-state index contributed by atoms with van der Waals surface area (Å²) in [5, 5.41) is 0. The quantitative estimate of drug-likeness (QED) is 0.414. The van der Waals surface area contributed by atoms with Gasteiger partial charge in [-0.3, -0.25) is 0 Å². The summed E-state index contributed by atoms with van der Waals surface area (Å²) in [6.45, 7) is 2.69. The van der Waals surface area contributed by atoms with Gasteiger partial charge in [-0.1, -0.05) is 60.0 Å². The van der Waals surface area contributed by atoms with Gasteiger partial charge in [-0.2, -0.15) is 0 Å². The molecule has 0 aromatic heterocycles. The molecule has 0 radical (unpaired) electrons. The summed E-state index contributed by atoms with van der Waals surface area (Å²) >= 11 is 3.42. The molecule has 0 spiro atoms. The SMILES string of the molecule is CCCCCOC(=O)c1ccccc1C(=O)OCCc1cccc(Br)c1. The monoisotopic (exact) mass is 418 g/mol. The number of ether oxygens (including phenoxy) is 2. The minimum atomic E-state index is -0.513. The lowest BCUT2D eigenvalue weighted by Crippen LogP contribution is -2.15. The first kappa shape index (κ1) is 20.2. The third kappa shape index (κ3) is 6.30. The number of carbonyl (C=O) groups is 2. The molecule has 0 aliphatic carbocycles. The lowest BCUT2D eigenvalue weighted by molar-refractivity contribution is 0.0456. The minimum Gasteiger partial charge on any atom is -0.462 e. The fourth-order valence-electron chi connectivity index (χ4n) is 2.47. The Bertz CT molecular complexity index is 742. The molecule has 0 saturated heterocycles. The second-order valence-electron chi connectivity index (χ2n) is 5.90. The average molecular weight is 419 g/mol. The molecule has 0 unspecified atom stereocenters. The van der Waals surface area contributed by atoms with Crippen molar-refractivity contribution in [3.8, 4) is 0 Å². The largest absolute Gasteiger partial charge is 0.462 e. The summed E-state index contributed by atoms with van der Waals surface area (Å²) in [6, 6.07) is 14.4. The van der Waals surface area contributed by atoms with E-state index in [2.05, 4.69) is 22.9 Å². The van der Waals surface area contributed by atoms with E-state index in [0.29, 0.717) is 13.0 Å². The third-order valence-electron chi connectivity index (χ3n) is 3.86. The van der Waals surface area contributed by atoms with Gasteiger partial charge in [0.25, 0.3) is 0 Å². The standard InChI is InChI=1S/C21H23BrO4/c1-2-3-6-13-25-20(23)18-10-4-5-11-19(18)21(24)26-14-12-16-8-7-9-17(22)15-16/h4-5,7-11,15H,2-3,6,12-14H2,1H3. The van der Waals surface area contributed by atoms with Crippen LogP contribution in [-0.2, 0) is 15.9 Å². The molecule has 4 nitrogen and oxygen atoms in total. The fraction of sp³-hybridized carbons (Fsp3) is 0.333. The molecule has 5 heteroatoms. The lowest BCUT2D eigenvalue weighted by atomic mass is 10.1. The van der Waals surface area contributed by atoms with Crippen LogP contribution in [0.2, 0.25) is 0 Å². The molecule has 2 aromatic rings. The van der Waals surface area contributed by atoms with E-state index < -0.39 is 11.9 Å². The first-order valence-corrected chi connectivity index (χ1v) is 9.59. The number of benzene rings is 2. The van der Waals surface area contributed by atoms with E-state index in [-0.39, 0.29) is 17.7 Å². The van der Waals surface area contributed by atoms with E-state index in [9.17, 15) is 9.59 Å². The van der Waals surface area contributed by atoms with Crippen LogP contribution in [0.15, 0.2) is 53.0 Å². The molecule has 0 amide bonds. The number of carbonyl (C=O) groups excluding carboxylic acids is 2. The van der Waals surface area contributed by atoms with Crippen LogP contribution in [0.25, 0.3) is 0 Å². The van der Waals surface area contributed by atoms with Gasteiger partial charge in [0.15, 0.2) is 0 Å². The predicted octanol–water partition coefficient (Wildman–Crippen LogP) is 5.20. The highest BCUT2D eigenvalue weighted by Gasteiger charge is 2.18. The van der Waals surface area contributed by atoms with Gasteiger partial charge in [0, 0.05) is 10.9 Å². The zero-order chi connectivity index (χ0) is 18.8. The maximum absolute atomic E-state index is 12.4. The van der Waals surface area contributed by atoms with Crippen molar-refractivity contribution < 1.29 is 19.1 Å². The number of halogens is 1. The van der Waals surface area contributed by atoms with Crippen LogP contribution in [-0.4, -0.2) is 25.2 Å². The van der Waals surface area contributed by atoms with Crippen LogP contribution in [0.4, 0.5) is 0 Å². The Morgan fingerprint density at radius 2 is 1.54 bits per heavy atom. The topological polar surface area (TPSA) is 52.6 Å². The van der Waals surface area contributed by atoms with Crippen molar-refractivity contribution in [1.29, 1.82) is 0 Å². The highest BCUT2D eigenvalue weighted by atomic mass is 79.9. The van der Waals surface area contributed by atoms with E-state index in [4.69, 9.17) is 9.47 Å². The Kier molecular flexibility index (Phi) is 8.35. The molecule has 2 rings (SSSR count). The Morgan fingerprint density at radius 1 is 0.885 bits per heavy atom. The van der Waals surface area contributed by atoms with Gasteiger partial charge in [0.2, 0.25) is 0 Å². The highest BCUT2D eigenvalue weighted by Crippen LogP contribution is 2.14. The fourth-order valence-corrected chi connectivity index (χ4v) is 2.91. The molecule has 0 saturated carbocycles. The Balaban J connectivity index is 1.92. The van der Waals surface area contributed by atoms with Crippen molar-refractivity contribution in [2.45, 2.75) is 32.6 Å². The van der Waals surface area contributed by atoms with Crippen molar-refractivity contribution in [3.05, 3.63) is 69.7 Å². The van der Waals surface area contributed by atoms with Gasteiger partial charge in [0.05, 0.1) is 24.3 Å². The third-order valence-corrected chi connectivity index (χ3v) is 4.35. The summed E-state index contributed by atoms with van der Waals surface area (Å²) in [7, 11) is 0. The Labute approximate surface area is 162 Å². The van der Waals surface area contributed by atoms with Crippen LogP contribution in [0.1, 0.15) is 52.5 Å². The van der Waals surface area contributed by atoms with E-state index in [0.717, 1.165) is 29.3 Å². The zero-order valence-electron chi connectivity index (χ0n) is 14.9. The van der Waals surface area contributed by atoms with Gasteiger partial charge >= 0.3 is 11.9 Å². The van der Waals surface area contributed by atoms with Gasteiger partial charge in [0.1, 0.15) is 0 Å². The predicted molar refractivity (Wildman–Crippen MR) is 104 cm³/mol. The van der Waals surface area contributed by atoms with Crippen LogP contribution in [0.5, 0.6) is 0 Å². The smallest absolute Gasteiger partial charge is 0.339 e. The van der Waals surface area contributed by atoms with E-state index in [1.165, 1.54) is 0 Å². The molecule has 0 fully saturated rings. The molecule has 0 aliphatic rings. The molecule has 2 aromatic carbocycles. The second kappa shape index (κ2) is 10.8. The van der Waals surface area contributed by atoms with Crippen molar-refractivity contribution in [2.75, 3.05) is 13.2 Å². The highest BCUT2D eigenvalue weighted by molar-refractivity contribution is 9.10. The number of unbranched alkanes of at least 4 members (excludes halogenated alkanes) is 2. The second-order valence-corrected chi connectivity index (χ2v) is 6.82. The summed E-state index contributed by atoms with van der Waals surface area (Å²) in [4.78, 5) is 24.6. The number of esters is 2. The molecule has 0 atom stereocenters. The van der Waals surface area contributed by atoms with Crippen molar-refractivity contribution in [2.24, 2.45) is 0 Å². The molecule has 0 bridgehead atoms. The number of hydrogen-bond acceptors (Lipinski definition) is 4. The Hall–Kier alpha value is -2.14. The van der Waals surface area contributed by atoms with E-state index in [1.54, 1.807) is 24.3 Å². The average Bonchev–Trinajstić information content (AvgIpc) is 2.65. The van der Waals surface area contributed by atoms with Crippen molar-refractivity contribution in [3.63, 3.8) is 0 Å². The zero-order valence-corrected chi connectivity index (χ0v) is 16.5. The maximum atomic E-state index is 12.4. The van der Waals surface area contributed by atoms with Crippen molar-refractivity contribution in [1.82, 2.24) is 0 Å². The van der Waals surface area contributed by atoms with Crippen LogP contribution < -0.4 is 0 Å². The van der Waals surface area contributed by atoms with E-state index >= 15 is 0 Å². The summed E-state index contributed by atoms with van der Waals surface area (Å²) in [5.74, 6) is -0.998. The van der Waals surface area contributed by atoms with E-state index in [1.807, 2.05) is 24.3 Å². The molecule has 0 aliphatic heterocycles. The van der Waals surface area contributed by atoms with Crippen LogP contribution >= 0.6 is 15.9 Å². The molecular weight excluding hydrogens is 396 g/mol. The molecule has 0 N–H and O–H groups in total. The van der Waals surface area contributed by atoms with Crippen molar-refractivity contribution >= 4 is 27.9 Å². The number of rotatable bonds is 9. The van der Waals surface area contributed by atoms with Crippen LogP contribution in [0.3, 0.4) is 0 Å². The lowest BCUT2D eigenvalue weighted by Gasteiger charge is -2.10. The first-order valence-electron chi connectivity index (χ1n) is 8.79. The Morgan fingerprint density at radius 3 is 2.15 bits per heavy atom.